The summed E-state index contributed by atoms with van der Waals surface area (Å²) in [6.45, 7) is 18.5. The van der Waals surface area contributed by atoms with Crippen LogP contribution in [0.3, 0.4) is 0 Å². The van der Waals surface area contributed by atoms with Crippen molar-refractivity contribution in [1.29, 1.82) is 0 Å². The minimum absolute atomic E-state index is 0.100. The van der Waals surface area contributed by atoms with Gasteiger partial charge in [0.1, 0.15) is 30.3 Å². The van der Waals surface area contributed by atoms with Crippen LogP contribution in [0.4, 0.5) is 0 Å². The third-order valence-corrected chi connectivity index (χ3v) is 5.98. The van der Waals surface area contributed by atoms with Crippen molar-refractivity contribution in [3.63, 3.8) is 0 Å². The average molecular weight is 459 g/mol. The number of hydrogen-bond acceptors (Lipinski definition) is 4. The molecule has 4 nitrogen and oxygen atoms in total. The smallest absolute Gasteiger partial charge is 0.145 e. The van der Waals surface area contributed by atoms with Crippen molar-refractivity contribution in [2.75, 3.05) is 26.4 Å². The molecule has 1 atom stereocenters. The third-order valence-electron chi connectivity index (χ3n) is 5.98. The molecule has 2 aromatic carbocycles. The third kappa shape index (κ3) is 5.69. The molecule has 2 aromatic rings. The largest absolute Gasteiger partial charge is 0.490 e. The fourth-order valence-corrected chi connectivity index (χ4v) is 4.20. The second-order valence-electron chi connectivity index (χ2n) is 8.76. The van der Waals surface area contributed by atoms with Crippen LogP contribution >= 0.6 is 0 Å². The monoisotopic (exact) mass is 458 g/mol. The Balaban J connectivity index is 1.79. The summed E-state index contributed by atoms with van der Waals surface area (Å²) < 4.78 is 23.2. The summed E-state index contributed by atoms with van der Waals surface area (Å²) in [6, 6.07) is 8.85. The van der Waals surface area contributed by atoms with Gasteiger partial charge in [-0.1, -0.05) is 24.3 Å². The van der Waals surface area contributed by atoms with E-state index >= 15 is 0 Å². The minimum atomic E-state index is 0.100. The first kappa shape index (κ1) is 24.1. The van der Waals surface area contributed by atoms with Gasteiger partial charge in [-0.15, -0.1) is 26.3 Å². The normalized spacial score (nSPS) is 16.9. The van der Waals surface area contributed by atoms with Crippen molar-refractivity contribution >= 4 is 0 Å². The standard InChI is InChI=1S/C30H34O4/c1-5-9-21-13-25(14-22(10-6-2)29(21)33-20-27-19-32-27)26-15-23(11-7-3)30(24(16-26)12-8-4)34-28-17-31-18-28/h5-8,13-16,27-28H,1-4,9-12,17-20H2. The van der Waals surface area contributed by atoms with Gasteiger partial charge in [-0.3, -0.25) is 0 Å². The van der Waals surface area contributed by atoms with Crippen molar-refractivity contribution in [3.8, 4) is 22.6 Å². The number of benzene rings is 2. The molecule has 34 heavy (non-hydrogen) atoms. The van der Waals surface area contributed by atoms with Crippen LogP contribution in [0.5, 0.6) is 11.5 Å². The molecule has 0 saturated carbocycles. The molecule has 0 bridgehead atoms. The Bertz CT molecular complexity index is 997. The summed E-state index contributed by atoms with van der Waals surface area (Å²) in [6.07, 6.45) is 10.9. The molecule has 2 aliphatic rings. The van der Waals surface area contributed by atoms with E-state index in [-0.39, 0.29) is 12.2 Å². The molecule has 2 saturated heterocycles. The van der Waals surface area contributed by atoms with E-state index in [0.717, 1.165) is 77.2 Å². The van der Waals surface area contributed by atoms with Gasteiger partial charge >= 0.3 is 0 Å². The number of epoxide rings is 1. The van der Waals surface area contributed by atoms with E-state index in [1.54, 1.807) is 0 Å². The highest BCUT2D eigenvalue weighted by Gasteiger charge is 2.25. The second kappa shape index (κ2) is 11.4. The zero-order valence-electron chi connectivity index (χ0n) is 19.9. The number of allylic oxidation sites excluding steroid dienone is 4. The molecule has 2 heterocycles. The second-order valence-corrected chi connectivity index (χ2v) is 8.76. The maximum Gasteiger partial charge on any atom is 0.145 e. The maximum absolute atomic E-state index is 6.33. The van der Waals surface area contributed by atoms with Crippen LogP contribution in [0.25, 0.3) is 11.1 Å². The highest BCUT2D eigenvalue weighted by Crippen LogP contribution is 2.37. The highest BCUT2D eigenvalue weighted by molar-refractivity contribution is 5.71. The summed E-state index contributed by atoms with van der Waals surface area (Å²) in [5, 5.41) is 0. The minimum Gasteiger partial charge on any atom is -0.490 e. The first-order valence-electron chi connectivity index (χ1n) is 11.9. The van der Waals surface area contributed by atoms with Gasteiger partial charge in [0.05, 0.1) is 19.8 Å². The lowest BCUT2D eigenvalue weighted by Crippen LogP contribution is -2.39. The van der Waals surface area contributed by atoms with Gasteiger partial charge < -0.3 is 18.9 Å². The van der Waals surface area contributed by atoms with Crippen molar-refractivity contribution in [2.45, 2.75) is 37.9 Å². The first-order chi connectivity index (χ1) is 16.7. The summed E-state index contributed by atoms with van der Waals surface area (Å²) in [7, 11) is 0. The Hall–Kier alpha value is -3.08. The van der Waals surface area contributed by atoms with Crippen LogP contribution in [-0.4, -0.2) is 38.6 Å². The van der Waals surface area contributed by atoms with Crippen molar-refractivity contribution in [2.24, 2.45) is 0 Å². The van der Waals surface area contributed by atoms with E-state index in [1.165, 1.54) is 0 Å². The molecular weight excluding hydrogens is 424 g/mol. The van der Waals surface area contributed by atoms with Gasteiger partial charge in [-0.05, 0) is 83.3 Å². The molecule has 2 aliphatic heterocycles. The fourth-order valence-electron chi connectivity index (χ4n) is 4.20. The van der Waals surface area contributed by atoms with Gasteiger partial charge in [-0.2, -0.15) is 0 Å². The van der Waals surface area contributed by atoms with E-state index in [2.05, 4.69) is 50.6 Å². The topological polar surface area (TPSA) is 40.2 Å². The molecule has 4 heteroatoms. The maximum atomic E-state index is 6.33. The van der Waals surface area contributed by atoms with E-state index in [9.17, 15) is 0 Å². The Morgan fingerprint density at radius 1 is 0.706 bits per heavy atom. The van der Waals surface area contributed by atoms with Gasteiger partial charge in [0, 0.05) is 0 Å². The van der Waals surface area contributed by atoms with Crippen LogP contribution in [-0.2, 0) is 35.2 Å². The van der Waals surface area contributed by atoms with Gasteiger partial charge in [0.15, 0.2) is 0 Å². The average Bonchev–Trinajstić information content (AvgIpc) is 3.62. The molecule has 0 radical (unpaired) electrons. The Morgan fingerprint density at radius 3 is 1.50 bits per heavy atom. The van der Waals surface area contributed by atoms with Crippen LogP contribution in [0.2, 0.25) is 0 Å². The molecule has 0 N–H and O–H groups in total. The van der Waals surface area contributed by atoms with Crippen molar-refractivity contribution < 1.29 is 18.9 Å². The van der Waals surface area contributed by atoms with Gasteiger partial charge in [0.25, 0.3) is 0 Å². The molecule has 2 fully saturated rings. The molecule has 0 spiro atoms. The van der Waals surface area contributed by atoms with E-state index < -0.39 is 0 Å². The van der Waals surface area contributed by atoms with Crippen molar-refractivity contribution in [3.05, 3.63) is 97.1 Å². The van der Waals surface area contributed by atoms with Crippen molar-refractivity contribution in [1.82, 2.24) is 0 Å². The quantitative estimate of drug-likeness (QED) is 0.264. The lowest BCUT2D eigenvalue weighted by Gasteiger charge is -2.29. The number of hydrogen-bond donors (Lipinski definition) is 0. The van der Waals surface area contributed by atoms with Gasteiger partial charge in [0.2, 0.25) is 0 Å². The van der Waals surface area contributed by atoms with Crippen LogP contribution in [0.1, 0.15) is 22.3 Å². The van der Waals surface area contributed by atoms with E-state index in [0.29, 0.717) is 19.8 Å². The summed E-state index contributed by atoms with van der Waals surface area (Å²) in [5.41, 5.74) is 6.76. The number of ether oxygens (including phenoxy) is 4. The molecule has 0 aliphatic carbocycles. The first-order valence-corrected chi connectivity index (χ1v) is 11.9. The number of rotatable bonds is 14. The molecule has 178 valence electrons. The zero-order chi connectivity index (χ0) is 23.9. The van der Waals surface area contributed by atoms with E-state index in [4.69, 9.17) is 18.9 Å². The molecular formula is C30H34O4. The zero-order valence-corrected chi connectivity index (χ0v) is 19.9. The van der Waals surface area contributed by atoms with E-state index in [1.807, 2.05) is 24.3 Å². The van der Waals surface area contributed by atoms with Gasteiger partial charge in [-0.25, -0.2) is 0 Å². The predicted molar refractivity (Wildman–Crippen MR) is 138 cm³/mol. The SMILES string of the molecule is C=CCc1cc(-c2cc(CC=C)c(OC3COC3)c(CC=C)c2)cc(CC=C)c1OCC1CO1. The van der Waals surface area contributed by atoms with Crippen LogP contribution in [0.15, 0.2) is 74.9 Å². The predicted octanol–water partition coefficient (Wildman–Crippen LogP) is 5.82. The fraction of sp³-hybridized carbons (Fsp3) is 0.333. The summed E-state index contributed by atoms with van der Waals surface area (Å²) >= 11 is 0. The lowest BCUT2D eigenvalue weighted by molar-refractivity contribution is -0.0802. The highest BCUT2D eigenvalue weighted by atomic mass is 16.6. The Morgan fingerprint density at radius 2 is 1.15 bits per heavy atom. The molecule has 1 unspecified atom stereocenters. The summed E-state index contributed by atoms with van der Waals surface area (Å²) in [5.74, 6) is 1.85. The summed E-state index contributed by atoms with van der Waals surface area (Å²) in [4.78, 5) is 0. The van der Waals surface area contributed by atoms with Crippen LogP contribution in [0, 0.1) is 0 Å². The Kier molecular flexibility index (Phi) is 8.04. The Labute approximate surface area is 203 Å². The molecule has 0 aromatic heterocycles. The van der Waals surface area contributed by atoms with Crippen LogP contribution < -0.4 is 9.47 Å². The molecule has 0 amide bonds. The lowest BCUT2D eigenvalue weighted by atomic mass is 9.92. The molecule has 4 rings (SSSR count).